The van der Waals surface area contributed by atoms with Crippen LogP contribution in [0.25, 0.3) is 0 Å². The van der Waals surface area contributed by atoms with Crippen LogP contribution in [0.2, 0.25) is 0 Å². The van der Waals surface area contributed by atoms with Crippen LogP contribution < -0.4 is 10.1 Å². The fraction of sp³-hybridized carbons (Fsp3) is 0.714. The van der Waals surface area contributed by atoms with Gasteiger partial charge in [-0.15, -0.1) is 0 Å². The van der Waals surface area contributed by atoms with Gasteiger partial charge in [0, 0.05) is 0 Å². The van der Waals surface area contributed by atoms with Crippen LogP contribution in [-0.2, 0) is 0 Å². The number of aromatic carboxylic acids is 1. The lowest BCUT2D eigenvalue weighted by atomic mass is 10.1. The molecule has 2 fully saturated rings. The first-order valence-corrected chi connectivity index (χ1v) is 7.46. The number of ether oxygens (including phenoxy) is 1. The molecule has 0 amide bonds. The van der Waals surface area contributed by atoms with E-state index >= 15 is 0 Å². The maximum Gasteiger partial charge on any atom is 0.358 e. The van der Waals surface area contributed by atoms with Crippen molar-refractivity contribution in [2.75, 3.05) is 6.54 Å². The number of carboxylic acid groups (broad SMARTS) is 1. The fourth-order valence-corrected chi connectivity index (χ4v) is 3.10. The molecular formula is C14H21N3O3. The highest BCUT2D eigenvalue weighted by Crippen LogP contribution is 2.29. The molecule has 1 saturated carbocycles. The quantitative estimate of drug-likeness (QED) is 0.883. The van der Waals surface area contributed by atoms with Crippen molar-refractivity contribution >= 4 is 5.97 Å². The minimum atomic E-state index is -0.970. The number of aromatic nitrogens is 2. The summed E-state index contributed by atoms with van der Waals surface area (Å²) >= 11 is 0. The second-order valence-electron chi connectivity index (χ2n) is 5.60. The largest absolute Gasteiger partial charge is 0.486 e. The number of hydrogen-bond donors (Lipinski definition) is 2. The third-order valence-electron chi connectivity index (χ3n) is 4.14. The van der Waals surface area contributed by atoms with Gasteiger partial charge in [0.25, 0.3) is 0 Å². The van der Waals surface area contributed by atoms with Crippen molar-refractivity contribution in [3.8, 4) is 5.75 Å². The van der Waals surface area contributed by atoms with E-state index in [-0.39, 0.29) is 18.0 Å². The standard InChI is InChI=1S/C14H21N3O3/c18-14(19)13-11(20-10-5-1-2-6-10)9-16-17(13)12-7-3-4-8-15-12/h9-10,12,15H,1-8H2,(H,18,19). The monoisotopic (exact) mass is 279 g/mol. The maximum atomic E-state index is 11.6. The van der Waals surface area contributed by atoms with E-state index in [9.17, 15) is 9.90 Å². The summed E-state index contributed by atoms with van der Waals surface area (Å²) in [6.07, 6.45) is 9.12. The Morgan fingerprint density at radius 3 is 2.70 bits per heavy atom. The van der Waals surface area contributed by atoms with Crippen molar-refractivity contribution < 1.29 is 14.6 Å². The van der Waals surface area contributed by atoms with Gasteiger partial charge in [0.05, 0.1) is 12.3 Å². The second-order valence-corrected chi connectivity index (χ2v) is 5.60. The zero-order valence-electron chi connectivity index (χ0n) is 11.5. The van der Waals surface area contributed by atoms with Crippen LogP contribution >= 0.6 is 0 Å². The van der Waals surface area contributed by atoms with Crippen molar-refractivity contribution in [3.05, 3.63) is 11.9 Å². The highest BCUT2D eigenvalue weighted by atomic mass is 16.5. The van der Waals surface area contributed by atoms with Gasteiger partial charge < -0.3 is 9.84 Å². The zero-order valence-corrected chi connectivity index (χ0v) is 11.5. The second kappa shape index (κ2) is 5.83. The van der Waals surface area contributed by atoms with Gasteiger partial charge in [0.2, 0.25) is 0 Å². The van der Waals surface area contributed by atoms with Gasteiger partial charge in [-0.3, -0.25) is 5.32 Å². The molecule has 0 aromatic carbocycles. The third kappa shape index (κ3) is 2.65. The van der Waals surface area contributed by atoms with Crippen molar-refractivity contribution in [1.82, 2.24) is 15.1 Å². The third-order valence-corrected chi connectivity index (χ3v) is 4.14. The van der Waals surface area contributed by atoms with E-state index in [0.717, 1.165) is 51.5 Å². The Morgan fingerprint density at radius 1 is 1.30 bits per heavy atom. The molecule has 1 aliphatic heterocycles. The summed E-state index contributed by atoms with van der Waals surface area (Å²) in [7, 11) is 0. The molecule has 110 valence electrons. The predicted octanol–water partition coefficient (Wildman–Crippen LogP) is 2.17. The lowest BCUT2D eigenvalue weighted by Gasteiger charge is -2.24. The molecule has 1 aromatic heterocycles. The van der Waals surface area contributed by atoms with Crippen LogP contribution in [0.5, 0.6) is 5.75 Å². The number of hydrogen-bond acceptors (Lipinski definition) is 4. The SMILES string of the molecule is O=C(O)c1c(OC2CCCC2)cnn1C1CCCCN1. The molecule has 6 heteroatoms. The van der Waals surface area contributed by atoms with Crippen molar-refractivity contribution in [1.29, 1.82) is 0 Å². The van der Waals surface area contributed by atoms with Crippen LogP contribution in [0.3, 0.4) is 0 Å². The highest BCUT2D eigenvalue weighted by molar-refractivity contribution is 5.88. The average Bonchev–Trinajstić information content (AvgIpc) is 3.09. The van der Waals surface area contributed by atoms with E-state index in [2.05, 4.69) is 10.4 Å². The number of nitrogens with zero attached hydrogens (tertiary/aromatic N) is 2. The van der Waals surface area contributed by atoms with Crippen molar-refractivity contribution in [3.63, 3.8) is 0 Å². The lowest BCUT2D eigenvalue weighted by molar-refractivity contribution is 0.0668. The summed E-state index contributed by atoms with van der Waals surface area (Å²) in [5, 5.41) is 17.0. The van der Waals surface area contributed by atoms with E-state index < -0.39 is 5.97 Å². The Bertz CT molecular complexity index is 474. The number of rotatable bonds is 4. The highest BCUT2D eigenvalue weighted by Gasteiger charge is 2.27. The number of carboxylic acids is 1. The molecule has 1 atom stereocenters. The molecule has 1 aromatic rings. The number of carbonyl (C=O) groups is 1. The first kappa shape index (κ1) is 13.4. The van der Waals surface area contributed by atoms with Gasteiger partial charge in [0.15, 0.2) is 11.4 Å². The Kier molecular flexibility index (Phi) is 3.91. The van der Waals surface area contributed by atoms with Gasteiger partial charge in [0.1, 0.15) is 6.17 Å². The summed E-state index contributed by atoms with van der Waals surface area (Å²) in [5.41, 5.74) is 0.177. The average molecular weight is 279 g/mol. The van der Waals surface area contributed by atoms with E-state index in [1.165, 1.54) is 0 Å². The minimum absolute atomic E-state index is 0.0317. The van der Waals surface area contributed by atoms with Crippen LogP contribution in [0.1, 0.15) is 61.6 Å². The normalized spacial score (nSPS) is 23.9. The first-order chi connectivity index (χ1) is 9.75. The number of nitrogens with one attached hydrogen (secondary N) is 1. The smallest absolute Gasteiger partial charge is 0.358 e. The van der Waals surface area contributed by atoms with E-state index in [1.807, 2.05) is 0 Å². The molecule has 2 heterocycles. The molecule has 2 N–H and O–H groups in total. The molecule has 0 spiro atoms. The predicted molar refractivity (Wildman–Crippen MR) is 73.0 cm³/mol. The number of piperidine rings is 1. The van der Waals surface area contributed by atoms with Crippen LogP contribution in [0, 0.1) is 0 Å². The Hall–Kier alpha value is -1.56. The molecule has 20 heavy (non-hydrogen) atoms. The molecule has 1 saturated heterocycles. The Morgan fingerprint density at radius 2 is 2.05 bits per heavy atom. The summed E-state index contributed by atoms with van der Waals surface area (Å²) in [5.74, 6) is -0.556. The Labute approximate surface area is 118 Å². The Balaban J connectivity index is 1.82. The molecule has 3 rings (SSSR count). The molecule has 0 radical (unpaired) electrons. The van der Waals surface area contributed by atoms with Gasteiger partial charge in [-0.2, -0.15) is 5.10 Å². The molecule has 1 aliphatic carbocycles. The fourth-order valence-electron chi connectivity index (χ4n) is 3.10. The van der Waals surface area contributed by atoms with Gasteiger partial charge in [-0.05, 0) is 51.5 Å². The maximum absolute atomic E-state index is 11.6. The summed E-state index contributed by atoms with van der Waals surface area (Å²) in [6, 6.07) is 0. The summed E-state index contributed by atoms with van der Waals surface area (Å²) in [6.45, 7) is 0.905. The molecule has 1 unspecified atom stereocenters. The lowest BCUT2D eigenvalue weighted by Crippen LogP contribution is -2.33. The first-order valence-electron chi connectivity index (χ1n) is 7.46. The van der Waals surface area contributed by atoms with Gasteiger partial charge >= 0.3 is 5.97 Å². The summed E-state index contributed by atoms with van der Waals surface area (Å²) in [4.78, 5) is 11.6. The zero-order chi connectivity index (χ0) is 13.9. The van der Waals surface area contributed by atoms with Crippen LogP contribution in [0.4, 0.5) is 0 Å². The molecule has 2 aliphatic rings. The van der Waals surface area contributed by atoms with E-state index in [0.29, 0.717) is 5.75 Å². The minimum Gasteiger partial charge on any atom is -0.486 e. The van der Waals surface area contributed by atoms with Gasteiger partial charge in [-0.1, -0.05) is 0 Å². The molecule has 0 bridgehead atoms. The van der Waals surface area contributed by atoms with Crippen LogP contribution in [0.15, 0.2) is 6.20 Å². The topological polar surface area (TPSA) is 76.4 Å². The van der Waals surface area contributed by atoms with E-state index in [4.69, 9.17) is 4.74 Å². The van der Waals surface area contributed by atoms with Crippen molar-refractivity contribution in [2.45, 2.75) is 57.2 Å². The summed E-state index contributed by atoms with van der Waals surface area (Å²) < 4.78 is 7.42. The van der Waals surface area contributed by atoms with Gasteiger partial charge in [-0.25, -0.2) is 9.48 Å². The van der Waals surface area contributed by atoms with Crippen LogP contribution in [-0.4, -0.2) is 33.5 Å². The van der Waals surface area contributed by atoms with Crippen molar-refractivity contribution in [2.24, 2.45) is 0 Å². The molecule has 6 nitrogen and oxygen atoms in total. The molecular weight excluding hydrogens is 258 g/mol. The van der Waals surface area contributed by atoms with E-state index in [1.54, 1.807) is 10.9 Å².